The van der Waals surface area contributed by atoms with Crippen LogP contribution in [0.1, 0.15) is 21.5 Å². The Morgan fingerprint density at radius 3 is 2.38 bits per heavy atom. The van der Waals surface area contributed by atoms with E-state index in [0.29, 0.717) is 5.56 Å². The molecule has 0 radical (unpaired) electrons. The molecule has 0 heterocycles. The summed E-state index contributed by atoms with van der Waals surface area (Å²) >= 11 is 0. The molecule has 0 fully saturated rings. The van der Waals surface area contributed by atoms with Gasteiger partial charge in [0.1, 0.15) is 0 Å². The Hall–Kier alpha value is -0.887. The van der Waals surface area contributed by atoms with E-state index in [1.807, 2.05) is 0 Å². The van der Waals surface area contributed by atoms with Crippen LogP contribution in [0.25, 0.3) is 0 Å². The van der Waals surface area contributed by atoms with Crippen molar-refractivity contribution < 1.29 is 34.5 Å². The molecule has 0 bridgehead atoms. The second-order valence-corrected chi connectivity index (χ2v) is 2.76. The van der Waals surface area contributed by atoms with E-state index >= 15 is 0 Å². The van der Waals surface area contributed by atoms with E-state index in [2.05, 4.69) is 0 Å². The van der Waals surface area contributed by atoms with Gasteiger partial charge in [0.2, 0.25) is 0 Å². The van der Waals surface area contributed by atoms with Gasteiger partial charge in [0.25, 0.3) is 0 Å². The van der Waals surface area contributed by atoms with Crippen LogP contribution in [0.15, 0.2) is 12.1 Å². The van der Waals surface area contributed by atoms with Gasteiger partial charge in [-0.05, 0) is 19.9 Å². The van der Waals surface area contributed by atoms with Crippen molar-refractivity contribution in [3.8, 4) is 5.75 Å². The molecule has 0 spiro atoms. The molecule has 1 rings (SSSR count). The summed E-state index contributed by atoms with van der Waals surface area (Å²) in [7, 11) is 0. The first-order valence-electron chi connectivity index (χ1n) is 3.54. The van der Waals surface area contributed by atoms with Crippen LogP contribution in [0, 0.1) is 13.8 Å². The topological polar surface area (TPSA) is 60.4 Å². The number of hydrogen-bond acceptors (Lipinski definition) is 2. The molecule has 0 saturated carbocycles. The van der Waals surface area contributed by atoms with Gasteiger partial charge < -0.3 is 10.2 Å². The quantitative estimate of drug-likeness (QED) is 0.734. The molecule has 0 unspecified atom stereocenters. The summed E-state index contributed by atoms with van der Waals surface area (Å²) in [4.78, 5) is 10.5. The van der Waals surface area contributed by atoms with Crippen LogP contribution in [0.5, 0.6) is 5.75 Å². The van der Waals surface area contributed by atoms with Crippen molar-refractivity contribution in [3.63, 3.8) is 0 Å². The first-order chi connectivity index (χ1) is 5.52. The summed E-state index contributed by atoms with van der Waals surface area (Å²) < 4.78 is 0. The van der Waals surface area contributed by atoms with Crippen LogP contribution in [0.4, 0.5) is 0 Å². The number of aromatic carboxylic acids is 1. The second-order valence-electron chi connectivity index (χ2n) is 2.76. The fourth-order valence-corrected chi connectivity index (χ4v) is 1.11. The van der Waals surface area contributed by atoms with Crippen molar-refractivity contribution in [2.75, 3.05) is 0 Å². The van der Waals surface area contributed by atoms with Crippen molar-refractivity contribution >= 4 is 5.97 Å². The minimum atomic E-state index is -1.16. The van der Waals surface area contributed by atoms with Crippen LogP contribution in [-0.2, 0) is 19.5 Å². The van der Waals surface area contributed by atoms with Gasteiger partial charge in [0.05, 0.1) is 5.56 Å². The molecule has 3 nitrogen and oxygen atoms in total. The standard InChI is InChI=1S/C9H10O3.Zn/c1-5-3-6(2)8(10)7(4-5)9(11)12;/h3-4,10H,1-2H3,(H,11,12);/q;+2/p-1. The van der Waals surface area contributed by atoms with E-state index in [9.17, 15) is 9.90 Å². The van der Waals surface area contributed by atoms with E-state index in [0.717, 1.165) is 5.56 Å². The summed E-state index contributed by atoms with van der Waals surface area (Å²) in [6.45, 7) is 3.38. The summed E-state index contributed by atoms with van der Waals surface area (Å²) in [6, 6.07) is 3.06. The average molecular weight is 231 g/mol. The maximum Gasteiger partial charge on any atom is 2.00 e. The first-order valence-corrected chi connectivity index (χ1v) is 3.54. The first kappa shape index (κ1) is 12.1. The zero-order valence-corrected chi connectivity index (χ0v) is 10.6. The molecule has 1 aromatic carbocycles. The van der Waals surface area contributed by atoms with E-state index in [4.69, 9.17) is 5.11 Å². The molecular formula is C9H9O3Zn+. The number of carboxylic acids is 1. The fourth-order valence-electron chi connectivity index (χ4n) is 1.11. The molecule has 13 heavy (non-hydrogen) atoms. The van der Waals surface area contributed by atoms with Crippen LogP contribution in [0.3, 0.4) is 0 Å². The Kier molecular flexibility index (Phi) is 4.08. The molecule has 64 valence electrons. The smallest absolute Gasteiger partial charge is 0.872 e. The maximum absolute atomic E-state index is 11.2. The fraction of sp³-hybridized carbons (Fsp3) is 0.222. The third-order valence-corrected chi connectivity index (χ3v) is 1.65. The number of hydrogen-bond donors (Lipinski definition) is 1. The molecule has 0 aromatic heterocycles. The van der Waals surface area contributed by atoms with Crippen molar-refractivity contribution in [1.82, 2.24) is 0 Å². The zero-order valence-electron chi connectivity index (χ0n) is 7.63. The normalized spacial score (nSPS) is 9.08. The van der Waals surface area contributed by atoms with Crippen LogP contribution < -0.4 is 5.11 Å². The monoisotopic (exact) mass is 229 g/mol. The van der Waals surface area contributed by atoms with Crippen LogP contribution in [-0.4, -0.2) is 11.1 Å². The van der Waals surface area contributed by atoms with Crippen LogP contribution in [0.2, 0.25) is 0 Å². The molecule has 0 saturated heterocycles. The molecule has 1 N–H and O–H groups in total. The predicted octanol–water partition coefficient (Wildman–Crippen LogP) is 1.07. The summed E-state index contributed by atoms with van der Waals surface area (Å²) in [5.74, 6) is -1.56. The minimum Gasteiger partial charge on any atom is -0.872 e. The molecule has 0 amide bonds. The van der Waals surface area contributed by atoms with Gasteiger partial charge in [0, 0.05) is 0 Å². The van der Waals surface area contributed by atoms with Gasteiger partial charge >= 0.3 is 25.4 Å². The Balaban J connectivity index is 0.00000144. The summed E-state index contributed by atoms with van der Waals surface area (Å²) in [5.41, 5.74) is 1.13. The van der Waals surface area contributed by atoms with Crippen molar-refractivity contribution in [3.05, 3.63) is 28.8 Å². The summed E-state index contributed by atoms with van der Waals surface area (Å²) in [5, 5.41) is 19.8. The van der Waals surface area contributed by atoms with Gasteiger partial charge in [-0.25, -0.2) is 4.79 Å². The average Bonchev–Trinajstić information content (AvgIpc) is 1.96. The van der Waals surface area contributed by atoms with Gasteiger partial charge in [-0.3, -0.25) is 0 Å². The molecule has 0 aliphatic rings. The number of rotatable bonds is 1. The number of benzene rings is 1. The Labute approximate surface area is 89.2 Å². The molecule has 0 atom stereocenters. The molecule has 1 aromatic rings. The molecule has 4 heteroatoms. The van der Waals surface area contributed by atoms with Crippen molar-refractivity contribution in [2.24, 2.45) is 0 Å². The summed E-state index contributed by atoms with van der Waals surface area (Å²) in [6.07, 6.45) is 0. The zero-order chi connectivity index (χ0) is 9.30. The Bertz CT molecular complexity index is 334. The second kappa shape index (κ2) is 4.38. The number of carboxylic acid groups (broad SMARTS) is 1. The predicted molar refractivity (Wildman–Crippen MR) is 42.3 cm³/mol. The van der Waals surface area contributed by atoms with Gasteiger partial charge in [-0.15, -0.1) is 0 Å². The van der Waals surface area contributed by atoms with E-state index < -0.39 is 11.7 Å². The van der Waals surface area contributed by atoms with Gasteiger partial charge in [-0.1, -0.05) is 22.9 Å². The van der Waals surface area contributed by atoms with Crippen molar-refractivity contribution in [2.45, 2.75) is 13.8 Å². The SMILES string of the molecule is Cc1cc(C)c([O-])c(C(=O)O)c1.[Zn+2]. The largest absolute Gasteiger partial charge is 2.00 e. The Morgan fingerprint density at radius 1 is 1.38 bits per heavy atom. The number of aryl methyl sites for hydroxylation is 2. The Morgan fingerprint density at radius 2 is 1.92 bits per heavy atom. The van der Waals surface area contributed by atoms with E-state index in [-0.39, 0.29) is 25.0 Å². The minimum absolute atomic E-state index is 0. The van der Waals surface area contributed by atoms with E-state index in [1.165, 1.54) is 6.07 Å². The van der Waals surface area contributed by atoms with Crippen molar-refractivity contribution in [1.29, 1.82) is 0 Å². The molecule has 0 aliphatic carbocycles. The number of carbonyl (C=O) groups is 1. The van der Waals surface area contributed by atoms with Gasteiger partial charge in [-0.2, -0.15) is 0 Å². The maximum atomic E-state index is 11.2. The molecule has 0 aliphatic heterocycles. The van der Waals surface area contributed by atoms with Gasteiger partial charge in [0.15, 0.2) is 0 Å². The third kappa shape index (κ3) is 2.53. The van der Waals surface area contributed by atoms with Crippen LogP contribution >= 0.6 is 0 Å². The van der Waals surface area contributed by atoms with E-state index in [1.54, 1.807) is 19.9 Å². The molecular weight excluding hydrogens is 221 g/mol. The third-order valence-electron chi connectivity index (χ3n) is 1.65.